The molecule has 0 aliphatic heterocycles. The molecule has 0 aromatic carbocycles. The third kappa shape index (κ3) is 11.1. The van der Waals surface area contributed by atoms with Gasteiger partial charge in [0.2, 0.25) is 29.5 Å². The number of nitrogens with one attached hydrogen (secondary N) is 4. The van der Waals surface area contributed by atoms with Gasteiger partial charge in [0, 0.05) is 31.2 Å². The summed E-state index contributed by atoms with van der Waals surface area (Å²) in [7, 11) is 0. The number of carbonyl (C=O) groups excluding carboxylic acids is 5. The number of carbonyl (C=O) groups is 6. The van der Waals surface area contributed by atoms with E-state index in [9.17, 15) is 33.9 Å². The van der Waals surface area contributed by atoms with Crippen molar-refractivity contribution in [1.82, 2.24) is 25.9 Å². The number of amides is 5. The molecule has 0 radical (unpaired) electrons. The summed E-state index contributed by atoms with van der Waals surface area (Å²) in [5.41, 5.74) is 16.5. The second-order valence-corrected chi connectivity index (χ2v) is 8.73. The molecule has 1 heterocycles. The number of aromatic nitrogens is 2. The molecule has 0 bridgehead atoms. The van der Waals surface area contributed by atoms with Gasteiger partial charge in [-0.25, -0.2) is 9.78 Å². The van der Waals surface area contributed by atoms with Crippen molar-refractivity contribution < 1.29 is 33.9 Å². The van der Waals surface area contributed by atoms with Crippen LogP contribution < -0.4 is 33.2 Å². The Balaban J connectivity index is 3.06. The highest BCUT2D eigenvalue weighted by Gasteiger charge is 2.33. The highest BCUT2D eigenvalue weighted by Crippen LogP contribution is 2.11. The lowest BCUT2D eigenvalue weighted by Gasteiger charge is -2.28. The van der Waals surface area contributed by atoms with Crippen LogP contribution in [-0.4, -0.2) is 74.7 Å². The molecule has 1 rings (SSSR count). The van der Waals surface area contributed by atoms with E-state index in [4.69, 9.17) is 17.2 Å². The van der Waals surface area contributed by atoms with Crippen LogP contribution in [0.15, 0.2) is 12.5 Å². The van der Waals surface area contributed by atoms with E-state index in [0.717, 1.165) is 0 Å². The van der Waals surface area contributed by atoms with Gasteiger partial charge in [-0.3, -0.25) is 24.0 Å². The number of nitrogens with zero attached hydrogens (tertiary/aromatic N) is 1. The van der Waals surface area contributed by atoms with Gasteiger partial charge in [-0.1, -0.05) is 20.3 Å². The van der Waals surface area contributed by atoms with Crippen LogP contribution in [0.2, 0.25) is 0 Å². The molecule has 5 amide bonds. The summed E-state index contributed by atoms with van der Waals surface area (Å²) in [5, 5.41) is 16.8. The number of rotatable bonds is 17. The Hall–Kier alpha value is -4.01. The van der Waals surface area contributed by atoms with Gasteiger partial charge in [-0.15, -0.1) is 0 Å². The van der Waals surface area contributed by atoms with E-state index in [1.54, 1.807) is 13.8 Å². The largest absolute Gasteiger partial charge is 0.480 e. The second-order valence-electron chi connectivity index (χ2n) is 8.73. The van der Waals surface area contributed by atoms with Crippen molar-refractivity contribution in [3.63, 3.8) is 0 Å². The smallest absolute Gasteiger partial charge is 0.326 e. The fourth-order valence-electron chi connectivity index (χ4n) is 3.29. The normalized spacial score (nSPS) is 14.9. The Bertz CT molecular complexity index is 953. The van der Waals surface area contributed by atoms with Gasteiger partial charge in [-0.2, -0.15) is 0 Å². The maximum atomic E-state index is 13.2. The van der Waals surface area contributed by atoms with Crippen LogP contribution >= 0.6 is 0 Å². The predicted molar refractivity (Wildman–Crippen MR) is 130 cm³/mol. The van der Waals surface area contributed by atoms with Crippen LogP contribution in [0.5, 0.6) is 0 Å². The van der Waals surface area contributed by atoms with E-state index < -0.39 is 65.6 Å². The van der Waals surface area contributed by atoms with Gasteiger partial charge < -0.3 is 43.2 Å². The summed E-state index contributed by atoms with van der Waals surface area (Å²) in [6.07, 6.45) is 2.64. The Kier molecular flexibility index (Phi) is 12.7. The second kappa shape index (κ2) is 15.2. The lowest BCUT2D eigenvalue weighted by Crippen LogP contribution is -2.59. The monoisotopic (exact) mass is 524 g/mol. The molecule has 0 aliphatic carbocycles. The van der Waals surface area contributed by atoms with Crippen LogP contribution in [0.3, 0.4) is 0 Å². The highest BCUT2D eigenvalue weighted by atomic mass is 16.4. The maximum Gasteiger partial charge on any atom is 0.326 e. The van der Waals surface area contributed by atoms with Gasteiger partial charge in [-0.05, 0) is 18.8 Å². The molecular formula is C22H36N8O7. The van der Waals surface area contributed by atoms with Gasteiger partial charge in [0.15, 0.2) is 0 Å². The molecule has 11 N–H and O–H groups in total. The number of hydrogen-bond donors (Lipinski definition) is 8. The Morgan fingerprint density at radius 2 is 1.54 bits per heavy atom. The molecule has 206 valence electrons. The number of nitrogens with two attached hydrogens (primary N) is 3. The topological polar surface area (TPSA) is 265 Å². The third-order valence-electron chi connectivity index (χ3n) is 5.74. The molecule has 15 heteroatoms. The van der Waals surface area contributed by atoms with E-state index in [0.29, 0.717) is 12.1 Å². The molecule has 0 saturated carbocycles. The number of aliphatic carboxylic acids is 1. The third-order valence-corrected chi connectivity index (χ3v) is 5.74. The lowest BCUT2D eigenvalue weighted by atomic mass is 9.96. The van der Waals surface area contributed by atoms with E-state index >= 15 is 0 Å². The summed E-state index contributed by atoms with van der Waals surface area (Å²) in [6, 6.07) is -4.85. The van der Waals surface area contributed by atoms with Crippen LogP contribution in [0, 0.1) is 5.92 Å². The fraction of sp³-hybridized carbons (Fsp3) is 0.591. The Morgan fingerprint density at radius 1 is 0.946 bits per heavy atom. The van der Waals surface area contributed by atoms with Gasteiger partial charge in [0.05, 0.1) is 12.4 Å². The molecule has 37 heavy (non-hydrogen) atoms. The van der Waals surface area contributed by atoms with Gasteiger partial charge in [0.1, 0.15) is 18.1 Å². The Morgan fingerprint density at radius 3 is 2.05 bits per heavy atom. The van der Waals surface area contributed by atoms with Gasteiger partial charge in [0.25, 0.3) is 0 Å². The van der Waals surface area contributed by atoms with Crippen molar-refractivity contribution >= 4 is 35.5 Å². The minimum absolute atomic E-state index is 0.0225. The predicted octanol–water partition coefficient (Wildman–Crippen LogP) is -2.60. The number of carboxylic acid groups (broad SMARTS) is 1. The fourth-order valence-corrected chi connectivity index (χ4v) is 3.29. The summed E-state index contributed by atoms with van der Waals surface area (Å²) < 4.78 is 0. The molecule has 5 unspecified atom stereocenters. The lowest BCUT2D eigenvalue weighted by molar-refractivity contribution is -0.143. The van der Waals surface area contributed by atoms with E-state index in [-0.39, 0.29) is 32.1 Å². The van der Waals surface area contributed by atoms with E-state index in [1.165, 1.54) is 12.5 Å². The Labute approximate surface area is 213 Å². The van der Waals surface area contributed by atoms with Crippen molar-refractivity contribution in [2.45, 2.75) is 76.5 Å². The number of H-pyrrole nitrogens is 1. The average Bonchev–Trinajstić information content (AvgIpc) is 3.34. The van der Waals surface area contributed by atoms with Crippen molar-refractivity contribution in [3.05, 3.63) is 18.2 Å². The number of primary amides is 2. The molecule has 0 aliphatic rings. The molecule has 0 saturated heterocycles. The van der Waals surface area contributed by atoms with E-state index in [2.05, 4.69) is 25.9 Å². The number of carboxylic acids is 1. The standard InChI is InChI=1S/C22H36N8O7/c1-3-11(2)18(21(35)28-14(22(36)37)5-7-17(25)32)30-20(34)15(8-12-9-26-10-27-12)29-19(33)13(23)4-6-16(24)31/h9-11,13-15,18H,3-8,23H2,1-2H3,(H2,24,31)(H2,25,32)(H,26,27)(H,28,35)(H,29,33)(H,30,34)(H,36,37). The zero-order valence-electron chi connectivity index (χ0n) is 20.9. The number of aromatic amines is 1. The summed E-state index contributed by atoms with van der Waals surface area (Å²) in [5.74, 6) is -5.35. The first kappa shape index (κ1) is 31.0. The molecule has 0 spiro atoms. The quantitative estimate of drug-likeness (QED) is 0.106. The van der Waals surface area contributed by atoms with Crippen LogP contribution in [-0.2, 0) is 35.2 Å². The first-order chi connectivity index (χ1) is 17.3. The molecular weight excluding hydrogens is 488 g/mol. The SMILES string of the molecule is CCC(C)C(NC(=O)C(Cc1cnc[nH]1)NC(=O)C(N)CCC(N)=O)C(=O)NC(CCC(N)=O)C(=O)O. The van der Waals surface area contributed by atoms with Crippen LogP contribution in [0.1, 0.15) is 51.6 Å². The van der Waals surface area contributed by atoms with Crippen molar-refractivity contribution in [3.8, 4) is 0 Å². The zero-order valence-corrected chi connectivity index (χ0v) is 20.9. The van der Waals surface area contributed by atoms with E-state index in [1.807, 2.05) is 0 Å². The maximum absolute atomic E-state index is 13.2. The van der Waals surface area contributed by atoms with Gasteiger partial charge >= 0.3 is 5.97 Å². The van der Waals surface area contributed by atoms with Crippen molar-refractivity contribution in [2.75, 3.05) is 0 Å². The summed E-state index contributed by atoms with van der Waals surface area (Å²) >= 11 is 0. The summed E-state index contributed by atoms with van der Waals surface area (Å²) in [4.78, 5) is 79.1. The first-order valence-electron chi connectivity index (χ1n) is 11.8. The molecule has 5 atom stereocenters. The highest BCUT2D eigenvalue weighted by molar-refractivity contribution is 5.94. The molecule has 1 aromatic heterocycles. The van der Waals surface area contributed by atoms with Crippen LogP contribution in [0.4, 0.5) is 0 Å². The molecule has 15 nitrogen and oxygen atoms in total. The first-order valence-corrected chi connectivity index (χ1v) is 11.8. The zero-order chi connectivity index (χ0) is 28.1. The molecule has 0 fully saturated rings. The van der Waals surface area contributed by atoms with Crippen molar-refractivity contribution in [1.29, 1.82) is 0 Å². The minimum atomic E-state index is -1.40. The van der Waals surface area contributed by atoms with Crippen molar-refractivity contribution in [2.24, 2.45) is 23.1 Å². The number of imidazole rings is 1. The number of hydrogen-bond acceptors (Lipinski definition) is 8. The average molecular weight is 525 g/mol. The minimum Gasteiger partial charge on any atom is -0.480 e. The summed E-state index contributed by atoms with van der Waals surface area (Å²) in [6.45, 7) is 3.46. The van der Waals surface area contributed by atoms with Crippen LogP contribution in [0.25, 0.3) is 0 Å². The molecule has 1 aromatic rings.